The molecule has 0 N–H and O–H groups in total. The number of anilines is 1. The number of carbonyl (C=O) groups excluding carboxylic acids is 1. The molecule has 0 bridgehead atoms. The number of methoxy groups -OCH3 is 1. The number of rotatable bonds is 6. The van der Waals surface area contributed by atoms with Crippen LogP contribution in [0.4, 0.5) is 5.82 Å². The topological polar surface area (TPSA) is 58.6 Å². The molecule has 1 aromatic heterocycles. The van der Waals surface area contributed by atoms with Crippen molar-refractivity contribution in [2.75, 3.05) is 38.2 Å². The Kier molecular flexibility index (Phi) is 6.21. The second-order valence-electron chi connectivity index (χ2n) is 8.34. The van der Waals surface area contributed by atoms with Gasteiger partial charge in [0.25, 0.3) is 0 Å². The lowest BCUT2D eigenvalue weighted by atomic mass is 9.84. The molecular formula is C24H32N4O2. The monoisotopic (exact) mass is 408 g/mol. The molecule has 2 heterocycles. The highest BCUT2D eigenvalue weighted by Crippen LogP contribution is 2.30. The molecule has 0 spiro atoms. The van der Waals surface area contributed by atoms with Gasteiger partial charge >= 0.3 is 0 Å². The summed E-state index contributed by atoms with van der Waals surface area (Å²) in [6, 6.07) is 8.22. The van der Waals surface area contributed by atoms with Crippen molar-refractivity contribution in [2.24, 2.45) is 5.92 Å². The second-order valence-corrected chi connectivity index (χ2v) is 8.34. The Morgan fingerprint density at radius 1 is 1.10 bits per heavy atom. The van der Waals surface area contributed by atoms with Crippen LogP contribution in [0.1, 0.15) is 48.8 Å². The first-order valence-electron chi connectivity index (χ1n) is 11.1. The normalized spacial score (nSPS) is 17.0. The zero-order valence-corrected chi connectivity index (χ0v) is 18.4. The maximum atomic E-state index is 12.6. The lowest BCUT2D eigenvalue weighted by molar-refractivity contribution is -0.138. The molecule has 1 aliphatic carbocycles. The maximum Gasteiger partial charge on any atom is 0.225 e. The van der Waals surface area contributed by atoms with Gasteiger partial charge in [0.2, 0.25) is 5.91 Å². The first-order chi connectivity index (χ1) is 14.6. The Bertz CT molecular complexity index is 885. The average Bonchev–Trinajstić information content (AvgIpc) is 2.74. The average molecular weight is 409 g/mol. The fourth-order valence-corrected chi connectivity index (χ4v) is 4.37. The minimum absolute atomic E-state index is 0.273. The summed E-state index contributed by atoms with van der Waals surface area (Å²) in [5.41, 5.74) is 3.53. The molecular weight excluding hydrogens is 376 g/mol. The van der Waals surface area contributed by atoms with Gasteiger partial charge in [0.1, 0.15) is 17.4 Å². The molecule has 1 aromatic carbocycles. The van der Waals surface area contributed by atoms with Crippen LogP contribution in [-0.2, 0) is 17.6 Å². The summed E-state index contributed by atoms with van der Waals surface area (Å²) in [7, 11) is 1.69. The van der Waals surface area contributed by atoms with Gasteiger partial charge in [-0.25, -0.2) is 9.97 Å². The van der Waals surface area contributed by atoms with E-state index in [1.807, 2.05) is 19.1 Å². The number of aryl methyl sites for hydroxylation is 2. The minimum atomic E-state index is 0.273. The SMILES string of the molecule is CCc1nc(C)nc(N2CCN(C(=O)C3CCC3)CC2)c1Cc1ccc(OC)cc1. The summed E-state index contributed by atoms with van der Waals surface area (Å²) in [5.74, 6) is 3.34. The number of benzene rings is 1. The van der Waals surface area contributed by atoms with Crippen LogP contribution in [-0.4, -0.2) is 54.1 Å². The molecule has 0 atom stereocenters. The molecule has 2 aromatic rings. The molecule has 6 nitrogen and oxygen atoms in total. The molecule has 30 heavy (non-hydrogen) atoms. The van der Waals surface area contributed by atoms with Crippen molar-refractivity contribution in [2.45, 2.75) is 46.0 Å². The van der Waals surface area contributed by atoms with E-state index in [0.29, 0.717) is 5.91 Å². The number of nitrogens with zero attached hydrogens (tertiary/aromatic N) is 4. The third-order valence-corrected chi connectivity index (χ3v) is 6.40. The number of hydrogen-bond acceptors (Lipinski definition) is 5. The lowest BCUT2D eigenvalue weighted by Gasteiger charge is -2.39. The Morgan fingerprint density at radius 3 is 2.37 bits per heavy atom. The van der Waals surface area contributed by atoms with Crippen LogP contribution in [0.5, 0.6) is 5.75 Å². The molecule has 4 rings (SSSR count). The standard InChI is InChI=1S/C24H32N4O2/c1-4-22-21(16-18-8-10-20(30-3)11-9-18)23(26-17(2)25-22)27-12-14-28(15-13-27)24(29)19-6-5-7-19/h8-11,19H,4-7,12-16H2,1-3H3. The van der Waals surface area contributed by atoms with Crippen LogP contribution in [0.3, 0.4) is 0 Å². The number of ether oxygens (including phenoxy) is 1. The van der Waals surface area contributed by atoms with Crippen molar-refractivity contribution >= 4 is 11.7 Å². The number of aromatic nitrogens is 2. The van der Waals surface area contributed by atoms with Crippen LogP contribution in [0.25, 0.3) is 0 Å². The third-order valence-electron chi connectivity index (χ3n) is 6.40. The lowest BCUT2D eigenvalue weighted by Crippen LogP contribution is -2.51. The smallest absolute Gasteiger partial charge is 0.225 e. The summed E-state index contributed by atoms with van der Waals surface area (Å²) in [5, 5.41) is 0. The van der Waals surface area contributed by atoms with Crippen LogP contribution >= 0.6 is 0 Å². The van der Waals surface area contributed by atoms with Gasteiger partial charge in [0, 0.05) is 49.8 Å². The van der Waals surface area contributed by atoms with Crippen molar-refractivity contribution in [3.63, 3.8) is 0 Å². The van der Waals surface area contributed by atoms with Crippen LogP contribution in [0.15, 0.2) is 24.3 Å². The third kappa shape index (κ3) is 4.27. The largest absolute Gasteiger partial charge is 0.497 e. The first-order valence-corrected chi connectivity index (χ1v) is 11.1. The summed E-state index contributed by atoms with van der Waals surface area (Å²) in [6.45, 7) is 7.33. The van der Waals surface area contributed by atoms with Gasteiger partial charge in [0.05, 0.1) is 7.11 Å². The van der Waals surface area contributed by atoms with E-state index in [-0.39, 0.29) is 5.92 Å². The van der Waals surface area contributed by atoms with Crippen molar-refractivity contribution < 1.29 is 9.53 Å². The van der Waals surface area contributed by atoms with E-state index < -0.39 is 0 Å². The molecule has 1 saturated heterocycles. The fourth-order valence-electron chi connectivity index (χ4n) is 4.37. The Morgan fingerprint density at radius 2 is 1.80 bits per heavy atom. The first kappa shape index (κ1) is 20.6. The Hall–Kier alpha value is -2.63. The van der Waals surface area contributed by atoms with Gasteiger partial charge in [-0.3, -0.25) is 4.79 Å². The van der Waals surface area contributed by atoms with E-state index in [4.69, 9.17) is 14.7 Å². The van der Waals surface area contributed by atoms with Gasteiger partial charge in [-0.15, -0.1) is 0 Å². The Labute approximate surface area is 179 Å². The molecule has 160 valence electrons. The maximum absolute atomic E-state index is 12.6. The number of carbonyl (C=O) groups is 1. The molecule has 1 saturated carbocycles. The summed E-state index contributed by atoms with van der Waals surface area (Å²) < 4.78 is 5.29. The summed E-state index contributed by atoms with van der Waals surface area (Å²) in [4.78, 5) is 26.6. The van der Waals surface area contributed by atoms with E-state index in [2.05, 4.69) is 28.9 Å². The van der Waals surface area contributed by atoms with Crippen LogP contribution < -0.4 is 9.64 Å². The van der Waals surface area contributed by atoms with Gasteiger partial charge in [-0.2, -0.15) is 0 Å². The molecule has 0 radical (unpaired) electrons. The van der Waals surface area contributed by atoms with Gasteiger partial charge in [-0.05, 0) is 43.9 Å². The quantitative estimate of drug-likeness (QED) is 0.733. The van der Waals surface area contributed by atoms with Crippen molar-refractivity contribution in [1.82, 2.24) is 14.9 Å². The highest BCUT2D eigenvalue weighted by atomic mass is 16.5. The van der Waals surface area contributed by atoms with Crippen LogP contribution in [0, 0.1) is 12.8 Å². The van der Waals surface area contributed by atoms with E-state index in [0.717, 1.165) is 74.9 Å². The van der Waals surface area contributed by atoms with Gasteiger partial charge in [-0.1, -0.05) is 25.5 Å². The molecule has 2 fully saturated rings. The highest BCUT2D eigenvalue weighted by Gasteiger charge is 2.32. The molecule has 2 aliphatic rings. The zero-order valence-electron chi connectivity index (χ0n) is 18.4. The molecule has 1 amide bonds. The predicted octanol–water partition coefficient (Wildman–Crippen LogP) is 3.40. The van der Waals surface area contributed by atoms with Crippen molar-refractivity contribution in [3.05, 3.63) is 46.9 Å². The van der Waals surface area contributed by atoms with Crippen molar-refractivity contribution in [3.8, 4) is 5.75 Å². The zero-order chi connectivity index (χ0) is 21.1. The van der Waals surface area contributed by atoms with Gasteiger partial charge < -0.3 is 14.5 Å². The van der Waals surface area contributed by atoms with Crippen molar-refractivity contribution in [1.29, 1.82) is 0 Å². The van der Waals surface area contributed by atoms with E-state index in [1.165, 1.54) is 17.5 Å². The second kappa shape index (κ2) is 9.02. The fraction of sp³-hybridized carbons (Fsp3) is 0.542. The summed E-state index contributed by atoms with van der Waals surface area (Å²) in [6.07, 6.45) is 5.00. The number of piperazine rings is 1. The Balaban J connectivity index is 1.54. The van der Waals surface area contributed by atoms with Crippen LogP contribution in [0.2, 0.25) is 0 Å². The molecule has 6 heteroatoms. The highest BCUT2D eigenvalue weighted by molar-refractivity contribution is 5.80. The summed E-state index contributed by atoms with van der Waals surface area (Å²) >= 11 is 0. The molecule has 0 unspecified atom stereocenters. The predicted molar refractivity (Wildman–Crippen MR) is 118 cm³/mol. The van der Waals surface area contributed by atoms with E-state index >= 15 is 0 Å². The number of amides is 1. The number of hydrogen-bond donors (Lipinski definition) is 0. The van der Waals surface area contributed by atoms with Gasteiger partial charge in [0.15, 0.2) is 0 Å². The van der Waals surface area contributed by atoms with E-state index in [1.54, 1.807) is 7.11 Å². The minimum Gasteiger partial charge on any atom is -0.497 e. The van der Waals surface area contributed by atoms with E-state index in [9.17, 15) is 4.79 Å². The molecule has 1 aliphatic heterocycles.